The molecule has 3 aromatic rings. The summed E-state index contributed by atoms with van der Waals surface area (Å²) in [6.45, 7) is 5.96. The summed E-state index contributed by atoms with van der Waals surface area (Å²) in [6.07, 6.45) is 4.33. The van der Waals surface area contributed by atoms with Crippen LogP contribution in [0.1, 0.15) is 51.9 Å². The molecule has 2 aromatic carbocycles. The molecular formula is C30H33FN4O2. The van der Waals surface area contributed by atoms with Gasteiger partial charge in [0.2, 0.25) is 0 Å². The summed E-state index contributed by atoms with van der Waals surface area (Å²) in [5, 5.41) is 14.6. The molecule has 2 atom stereocenters. The average molecular weight is 501 g/mol. The molecule has 0 spiro atoms. The number of carbonyl (C=O) groups excluding carboxylic acids is 1. The molecule has 0 aliphatic carbocycles. The molecule has 1 amide bonds. The van der Waals surface area contributed by atoms with E-state index in [-0.39, 0.29) is 17.8 Å². The van der Waals surface area contributed by atoms with E-state index in [0.717, 1.165) is 42.6 Å². The van der Waals surface area contributed by atoms with E-state index < -0.39 is 5.60 Å². The second kappa shape index (κ2) is 9.63. The number of rotatable bonds is 5. The summed E-state index contributed by atoms with van der Waals surface area (Å²) in [5.74, 6) is -0.279. The van der Waals surface area contributed by atoms with Crippen molar-refractivity contribution in [3.8, 4) is 11.3 Å². The summed E-state index contributed by atoms with van der Waals surface area (Å²) >= 11 is 0. The van der Waals surface area contributed by atoms with Gasteiger partial charge in [0.15, 0.2) is 5.82 Å². The van der Waals surface area contributed by atoms with Gasteiger partial charge in [0.25, 0.3) is 5.91 Å². The summed E-state index contributed by atoms with van der Waals surface area (Å²) < 4.78 is 15.7. The molecule has 0 saturated carbocycles. The number of hydrogen-bond donors (Lipinski definition) is 2. The zero-order chi connectivity index (χ0) is 25.6. The van der Waals surface area contributed by atoms with E-state index in [4.69, 9.17) is 0 Å². The van der Waals surface area contributed by atoms with Crippen molar-refractivity contribution in [2.24, 2.45) is 0 Å². The highest BCUT2D eigenvalue weighted by atomic mass is 19.1. The van der Waals surface area contributed by atoms with E-state index in [0.29, 0.717) is 55.0 Å². The van der Waals surface area contributed by atoms with Crippen LogP contribution in [-0.2, 0) is 18.7 Å². The molecule has 7 heteroatoms. The number of halogens is 1. The minimum atomic E-state index is -0.924. The number of amides is 1. The topological polar surface area (TPSA) is 68.7 Å². The fraction of sp³-hybridized carbons (Fsp3) is 0.400. The van der Waals surface area contributed by atoms with Crippen molar-refractivity contribution < 1.29 is 14.3 Å². The van der Waals surface area contributed by atoms with Gasteiger partial charge in [0.1, 0.15) is 11.3 Å². The third-order valence-electron chi connectivity index (χ3n) is 8.20. The first-order valence-corrected chi connectivity index (χ1v) is 13.2. The minimum absolute atomic E-state index is 0.0625. The molecule has 2 saturated heterocycles. The third-order valence-corrected chi connectivity index (χ3v) is 8.20. The van der Waals surface area contributed by atoms with Crippen molar-refractivity contribution in [3.05, 3.63) is 88.4 Å². The lowest BCUT2D eigenvalue weighted by Gasteiger charge is -2.31. The number of aryl methyl sites for hydroxylation is 1. The fourth-order valence-electron chi connectivity index (χ4n) is 6.04. The lowest BCUT2D eigenvalue weighted by Crippen LogP contribution is -2.46. The minimum Gasteiger partial charge on any atom is -0.384 e. The van der Waals surface area contributed by atoms with E-state index in [1.807, 2.05) is 48.2 Å². The Kier molecular flexibility index (Phi) is 6.31. The van der Waals surface area contributed by atoms with Gasteiger partial charge in [-0.3, -0.25) is 14.7 Å². The molecule has 6 rings (SSSR count). The molecule has 2 N–H and O–H groups in total. The molecule has 3 aliphatic heterocycles. The predicted octanol–water partition coefficient (Wildman–Crippen LogP) is 4.00. The molecule has 1 aromatic heterocycles. The van der Waals surface area contributed by atoms with Gasteiger partial charge in [0, 0.05) is 61.7 Å². The number of likely N-dealkylation sites (tertiary alicyclic amines) is 1. The van der Waals surface area contributed by atoms with Crippen LogP contribution in [0, 0.1) is 12.7 Å². The molecule has 2 unspecified atom stereocenters. The number of β-amino-alcohol motifs (C(OH)–C–C–N with tert-alkyl or cyclic N) is 1. The summed E-state index contributed by atoms with van der Waals surface area (Å²) in [5.41, 5.74) is 4.33. The first-order valence-electron chi connectivity index (χ1n) is 13.2. The molecule has 37 heavy (non-hydrogen) atoms. The van der Waals surface area contributed by atoms with Crippen molar-refractivity contribution in [1.29, 1.82) is 0 Å². The van der Waals surface area contributed by atoms with E-state index in [2.05, 4.69) is 15.2 Å². The lowest BCUT2D eigenvalue weighted by molar-refractivity contribution is 0.0451. The second-order valence-electron chi connectivity index (χ2n) is 10.8. The van der Waals surface area contributed by atoms with E-state index >= 15 is 4.39 Å². The highest BCUT2D eigenvalue weighted by Crippen LogP contribution is 2.35. The van der Waals surface area contributed by atoms with Crippen LogP contribution in [0.4, 0.5) is 4.39 Å². The first-order chi connectivity index (χ1) is 17.9. The number of piperidine rings is 1. The quantitative estimate of drug-likeness (QED) is 0.554. The van der Waals surface area contributed by atoms with Crippen LogP contribution in [0.25, 0.3) is 11.3 Å². The van der Waals surface area contributed by atoms with Crippen LogP contribution in [-0.4, -0.2) is 58.0 Å². The molecule has 4 heterocycles. The van der Waals surface area contributed by atoms with Crippen molar-refractivity contribution in [2.45, 2.75) is 50.9 Å². The van der Waals surface area contributed by atoms with Crippen LogP contribution >= 0.6 is 0 Å². The predicted molar refractivity (Wildman–Crippen MR) is 140 cm³/mol. The number of aromatic nitrogens is 1. The Morgan fingerprint density at radius 3 is 2.81 bits per heavy atom. The van der Waals surface area contributed by atoms with Crippen LogP contribution < -0.4 is 5.32 Å². The fourth-order valence-corrected chi connectivity index (χ4v) is 6.04. The number of benzene rings is 2. The van der Waals surface area contributed by atoms with Crippen LogP contribution in [0.3, 0.4) is 0 Å². The highest BCUT2D eigenvalue weighted by Gasteiger charge is 2.38. The first kappa shape index (κ1) is 24.2. The van der Waals surface area contributed by atoms with Gasteiger partial charge in [-0.2, -0.15) is 0 Å². The Morgan fingerprint density at radius 1 is 1.19 bits per heavy atom. The summed E-state index contributed by atoms with van der Waals surface area (Å²) in [4.78, 5) is 21.4. The maximum atomic E-state index is 15.7. The van der Waals surface area contributed by atoms with Gasteiger partial charge in [-0.25, -0.2) is 4.39 Å². The number of nitrogens with zero attached hydrogens (tertiary/aromatic N) is 3. The monoisotopic (exact) mass is 500 g/mol. The van der Waals surface area contributed by atoms with E-state index in [1.54, 1.807) is 18.3 Å². The van der Waals surface area contributed by atoms with E-state index in [1.165, 1.54) is 0 Å². The molecule has 0 bridgehead atoms. The Hall–Kier alpha value is -3.13. The Morgan fingerprint density at radius 2 is 2.03 bits per heavy atom. The summed E-state index contributed by atoms with van der Waals surface area (Å²) in [7, 11) is 0. The normalized spacial score (nSPS) is 24.0. The van der Waals surface area contributed by atoms with Gasteiger partial charge in [-0.1, -0.05) is 35.9 Å². The van der Waals surface area contributed by atoms with Crippen LogP contribution in [0.5, 0.6) is 0 Å². The standard InChI is InChI=1S/C30H33FN4O2/c1-20-4-7-24(8-5-20)30(37)11-14-34(19-30)17-22-10-13-33-28(27(22)31)21-6-9-26-23(15-21)18-35(29(26)36)25-3-2-12-32-16-25/h4-10,13,15,25,32,37H,2-3,11-12,14,16-19H2,1H3. The molecular weight excluding hydrogens is 467 g/mol. The van der Waals surface area contributed by atoms with Gasteiger partial charge >= 0.3 is 0 Å². The number of aliphatic hydroxyl groups is 1. The van der Waals surface area contributed by atoms with Crippen molar-refractivity contribution >= 4 is 5.91 Å². The van der Waals surface area contributed by atoms with Crippen LogP contribution in [0.2, 0.25) is 0 Å². The molecule has 0 radical (unpaired) electrons. The van der Waals surface area contributed by atoms with Gasteiger partial charge in [-0.15, -0.1) is 0 Å². The smallest absolute Gasteiger partial charge is 0.254 e. The SMILES string of the molecule is Cc1ccc(C2(O)CCN(Cc3ccnc(-c4ccc5c(c4)CN(C4CCCNC4)C5=O)c3F)C2)cc1. The largest absolute Gasteiger partial charge is 0.384 e. The number of pyridine rings is 1. The Balaban J connectivity index is 1.20. The number of carbonyl (C=O) groups is 1. The van der Waals surface area contributed by atoms with Gasteiger partial charge < -0.3 is 15.3 Å². The number of hydrogen-bond acceptors (Lipinski definition) is 5. The van der Waals surface area contributed by atoms with Gasteiger partial charge in [0.05, 0.1) is 0 Å². The maximum absolute atomic E-state index is 15.7. The number of nitrogens with one attached hydrogen (secondary N) is 1. The Labute approximate surface area is 217 Å². The van der Waals surface area contributed by atoms with Gasteiger partial charge in [-0.05, 0) is 62.1 Å². The zero-order valence-electron chi connectivity index (χ0n) is 21.2. The van der Waals surface area contributed by atoms with Crippen LogP contribution in [0.15, 0.2) is 54.7 Å². The van der Waals surface area contributed by atoms with Crippen molar-refractivity contribution in [1.82, 2.24) is 20.1 Å². The Bertz CT molecular complexity index is 1320. The van der Waals surface area contributed by atoms with E-state index in [9.17, 15) is 9.90 Å². The molecule has 192 valence electrons. The zero-order valence-corrected chi connectivity index (χ0v) is 21.2. The molecule has 3 aliphatic rings. The van der Waals surface area contributed by atoms with Crippen molar-refractivity contribution in [3.63, 3.8) is 0 Å². The number of fused-ring (bicyclic) bond motifs is 1. The lowest BCUT2D eigenvalue weighted by atomic mass is 9.92. The average Bonchev–Trinajstić information content (AvgIpc) is 3.46. The van der Waals surface area contributed by atoms with Crippen molar-refractivity contribution in [2.75, 3.05) is 26.2 Å². The second-order valence-corrected chi connectivity index (χ2v) is 10.8. The maximum Gasteiger partial charge on any atom is 0.254 e. The third kappa shape index (κ3) is 4.56. The molecule has 6 nitrogen and oxygen atoms in total. The highest BCUT2D eigenvalue weighted by molar-refractivity contribution is 5.99. The molecule has 2 fully saturated rings. The summed E-state index contributed by atoms with van der Waals surface area (Å²) in [6, 6.07) is 15.5.